The van der Waals surface area contributed by atoms with Crippen molar-refractivity contribution in [2.24, 2.45) is 11.3 Å². The lowest BCUT2D eigenvalue weighted by Crippen LogP contribution is -2.52. The summed E-state index contributed by atoms with van der Waals surface area (Å²) in [6.45, 7) is 9.72. The molecule has 3 atom stereocenters. The Balaban J connectivity index is 0.688. The average molecular weight is 989 g/mol. The van der Waals surface area contributed by atoms with Crippen molar-refractivity contribution < 1.29 is 41.8 Å². The first-order valence-corrected chi connectivity index (χ1v) is 25.5. The average Bonchev–Trinajstić information content (AvgIpc) is 3.96. The van der Waals surface area contributed by atoms with Gasteiger partial charge in [-0.2, -0.15) is 9.97 Å². The first-order valence-electron chi connectivity index (χ1n) is 25.5. The van der Waals surface area contributed by atoms with Crippen LogP contribution in [0.2, 0.25) is 0 Å². The van der Waals surface area contributed by atoms with Gasteiger partial charge in [-0.05, 0) is 111 Å². The number of aromatic nitrogens is 3. The molecule has 72 heavy (non-hydrogen) atoms. The lowest BCUT2D eigenvalue weighted by Gasteiger charge is -2.40. The maximum absolute atomic E-state index is 17.2. The van der Waals surface area contributed by atoms with Crippen molar-refractivity contribution in [3.63, 3.8) is 0 Å². The van der Waals surface area contributed by atoms with Crippen LogP contribution in [0, 0.1) is 28.8 Å². The van der Waals surface area contributed by atoms with Gasteiger partial charge in [0.2, 0.25) is 11.8 Å². The van der Waals surface area contributed by atoms with Gasteiger partial charge >= 0.3 is 6.01 Å². The number of methoxy groups -OCH3 is 1. The summed E-state index contributed by atoms with van der Waals surface area (Å²) in [5.41, 5.74) is 2.41. The number of nitrogens with zero attached hydrogens (tertiary/aromatic N) is 8. The largest absolute Gasteiger partial charge is 0.468 e. The second-order valence-electron chi connectivity index (χ2n) is 21.1. The Morgan fingerprint density at radius 2 is 1.60 bits per heavy atom. The number of nitrogens with one attached hydrogen (secondary N) is 2. The minimum absolute atomic E-state index is 0.00611. The van der Waals surface area contributed by atoms with Crippen LogP contribution in [0.3, 0.4) is 0 Å². The van der Waals surface area contributed by atoms with E-state index in [0.29, 0.717) is 60.7 Å². The molecular weight excluding hydrogens is 930 g/mol. The summed E-state index contributed by atoms with van der Waals surface area (Å²) in [6, 6.07) is 11.5. The molecule has 12 rings (SSSR count). The molecule has 3 aromatic carbocycles. The Labute approximate surface area is 415 Å². The van der Waals surface area contributed by atoms with Crippen LogP contribution < -0.4 is 29.9 Å². The van der Waals surface area contributed by atoms with E-state index in [1.165, 1.54) is 25.4 Å². The first-order chi connectivity index (χ1) is 35.0. The highest BCUT2D eigenvalue weighted by atomic mass is 19.2. The summed E-state index contributed by atoms with van der Waals surface area (Å²) in [7, 11) is 1.47. The third-order valence-electron chi connectivity index (χ3n) is 16.2. The van der Waals surface area contributed by atoms with E-state index in [2.05, 4.69) is 41.3 Å². The number of carbonyl (C=O) groups excluding carboxylic acids is 3. The van der Waals surface area contributed by atoms with Gasteiger partial charge in [0, 0.05) is 118 Å². The van der Waals surface area contributed by atoms with Gasteiger partial charge < -0.3 is 39.1 Å². The van der Waals surface area contributed by atoms with E-state index >= 15 is 8.78 Å². The van der Waals surface area contributed by atoms with Crippen LogP contribution in [0.1, 0.15) is 67.3 Å². The standard InChI is InChI=1S/C53H59F3N10O6/c1-70-30-72-37-21-32-2-7-41(54)45(55)44(32)39(22-37)47-46(56)48-40(23-57-47)49(65-26-34-3-4-35(27-65)58-34)61-52(60-48)71-29-53(12-13-53)28-63-14-10-31(11-15-63)24-62-16-18-64(19-17-62)36-5-6-38-33(20-36)25-66(51(38)69)42-8-9-43(67)59-50(42)68/h2,5-7,20-23,31,34-35,42,58H,3-4,8-19,24-30H2,1H3,(H,59,67,68)/t34?,35?,42-/m0/s1. The minimum Gasteiger partial charge on any atom is -0.468 e. The highest BCUT2D eigenvalue weighted by Crippen LogP contribution is 2.47. The number of pyridine rings is 1. The number of amides is 3. The van der Waals surface area contributed by atoms with Crippen LogP contribution in [0.5, 0.6) is 11.8 Å². The molecular formula is C53H59F3N10O6. The van der Waals surface area contributed by atoms with Gasteiger partial charge in [-0.1, -0.05) is 6.07 Å². The van der Waals surface area contributed by atoms with E-state index in [4.69, 9.17) is 24.2 Å². The number of anilines is 2. The van der Waals surface area contributed by atoms with Gasteiger partial charge in [0.25, 0.3) is 5.91 Å². The molecule has 0 spiro atoms. The number of piperazine rings is 2. The second-order valence-corrected chi connectivity index (χ2v) is 21.1. The maximum Gasteiger partial charge on any atom is 0.319 e. The van der Waals surface area contributed by atoms with E-state index in [1.807, 2.05) is 12.1 Å². The van der Waals surface area contributed by atoms with Crippen LogP contribution >= 0.6 is 0 Å². The molecule has 378 valence electrons. The van der Waals surface area contributed by atoms with Gasteiger partial charge in [-0.15, -0.1) is 0 Å². The van der Waals surface area contributed by atoms with Gasteiger partial charge in [0.1, 0.15) is 28.8 Å². The van der Waals surface area contributed by atoms with E-state index in [0.717, 1.165) is 108 Å². The molecule has 1 saturated carbocycles. The number of halogens is 3. The zero-order chi connectivity index (χ0) is 49.3. The maximum atomic E-state index is 17.2. The number of ether oxygens (including phenoxy) is 3. The number of carbonyl (C=O) groups is 3. The molecule has 1 aliphatic carbocycles. The molecule has 19 heteroatoms. The Kier molecular flexibility index (Phi) is 12.4. The van der Waals surface area contributed by atoms with E-state index < -0.39 is 29.4 Å². The van der Waals surface area contributed by atoms with Gasteiger partial charge in [-0.25, -0.2) is 13.2 Å². The molecule has 2 aromatic heterocycles. The van der Waals surface area contributed by atoms with Gasteiger partial charge in [-0.3, -0.25) is 29.6 Å². The topological polar surface area (TPSA) is 158 Å². The van der Waals surface area contributed by atoms with Crippen LogP contribution in [0.25, 0.3) is 32.9 Å². The molecule has 6 aliphatic heterocycles. The Bertz CT molecular complexity index is 2950. The van der Waals surface area contributed by atoms with Crippen molar-refractivity contribution >= 4 is 50.9 Å². The number of fused-ring (bicyclic) bond motifs is 5. The molecule has 5 saturated heterocycles. The highest BCUT2D eigenvalue weighted by Gasteiger charge is 2.46. The zero-order valence-corrected chi connectivity index (χ0v) is 40.4. The second kappa shape index (κ2) is 19.0. The number of imide groups is 1. The number of rotatable bonds is 14. The Morgan fingerprint density at radius 1 is 0.806 bits per heavy atom. The fourth-order valence-electron chi connectivity index (χ4n) is 12.1. The minimum atomic E-state index is -1.11. The lowest BCUT2D eigenvalue weighted by atomic mass is 9.94. The fourth-order valence-corrected chi connectivity index (χ4v) is 12.1. The van der Waals surface area contributed by atoms with E-state index in [1.54, 1.807) is 11.0 Å². The van der Waals surface area contributed by atoms with Gasteiger partial charge in [0.05, 0.1) is 12.0 Å². The van der Waals surface area contributed by atoms with Crippen LogP contribution in [0.4, 0.5) is 24.7 Å². The summed E-state index contributed by atoms with van der Waals surface area (Å²) in [5, 5.41) is 6.64. The zero-order valence-electron chi connectivity index (χ0n) is 40.4. The molecule has 2 bridgehead atoms. The summed E-state index contributed by atoms with van der Waals surface area (Å²) in [6.07, 6.45) is 8.44. The predicted molar refractivity (Wildman–Crippen MR) is 262 cm³/mol. The van der Waals surface area contributed by atoms with Crippen molar-refractivity contribution in [1.82, 2.24) is 40.3 Å². The van der Waals surface area contributed by atoms with Gasteiger partial charge in [0.15, 0.2) is 24.2 Å². The molecule has 7 aliphatic rings. The van der Waals surface area contributed by atoms with Crippen LogP contribution in [-0.2, 0) is 20.9 Å². The molecule has 0 radical (unpaired) electrons. The number of hydrogen-bond acceptors (Lipinski definition) is 14. The van der Waals surface area contributed by atoms with Crippen molar-refractivity contribution in [2.45, 2.75) is 76.0 Å². The number of piperidine rings is 2. The monoisotopic (exact) mass is 988 g/mol. The summed E-state index contributed by atoms with van der Waals surface area (Å²) >= 11 is 0. The van der Waals surface area contributed by atoms with Crippen molar-refractivity contribution in [3.8, 4) is 23.0 Å². The van der Waals surface area contributed by atoms with Crippen molar-refractivity contribution in [3.05, 3.63) is 77.2 Å². The Morgan fingerprint density at radius 3 is 2.35 bits per heavy atom. The Hall–Kier alpha value is -6.15. The molecule has 8 heterocycles. The quantitative estimate of drug-likeness (QED) is 0.104. The van der Waals surface area contributed by atoms with E-state index in [9.17, 15) is 18.8 Å². The highest BCUT2D eigenvalue weighted by molar-refractivity contribution is 6.05. The molecule has 5 aromatic rings. The van der Waals surface area contributed by atoms with Crippen molar-refractivity contribution in [1.29, 1.82) is 0 Å². The molecule has 16 nitrogen and oxygen atoms in total. The normalized spacial score (nSPS) is 23.6. The first kappa shape index (κ1) is 46.9. The summed E-state index contributed by atoms with van der Waals surface area (Å²) in [4.78, 5) is 63.0. The predicted octanol–water partition coefficient (Wildman–Crippen LogP) is 5.64. The molecule has 2 N–H and O–H groups in total. The number of benzene rings is 3. The third kappa shape index (κ3) is 9.06. The number of hydrogen-bond donors (Lipinski definition) is 2. The smallest absolute Gasteiger partial charge is 0.319 e. The summed E-state index contributed by atoms with van der Waals surface area (Å²) < 4.78 is 64.9. The third-order valence-corrected chi connectivity index (χ3v) is 16.2. The van der Waals surface area contributed by atoms with Crippen LogP contribution in [0.15, 0.2) is 48.7 Å². The molecule has 2 unspecified atom stereocenters. The number of likely N-dealkylation sites (tertiary alicyclic amines) is 1. The fraction of sp³-hybridized carbons (Fsp3) is 0.509. The van der Waals surface area contributed by atoms with Crippen LogP contribution in [-0.4, -0.2) is 151 Å². The SMILES string of the molecule is COCOc1cc(-c2ncc3c(N4CC5CCC(C4)N5)nc(OCC4(CN5CCC(CN6CCN(c7ccc8c(c7)CN([C@H]7CCC(=O)NC7=O)C8=O)CC6)CC5)CC4)nc3c2F)c2c(F)c(F)ccc2c1. The lowest BCUT2D eigenvalue weighted by molar-refractivity contribution is -0.136. The van der Waals surface area contributed by atoms with Crippen molar-refractivity contribution in [2.75, 3.05) is 95.8 Å². The van der Waals surface area contributed by atoms with E-state index in [-0.39, 0.29) is 76.4 Å². The molecule has 6 fully saturated rings. The molecule has 3 amide bonds. The summed E-state index contributed by atoms with van der Waals surface area (Å²) in [5.74, 6) is -2.38.